The number of thiophene rings is 1. The van der Waals surface area contributed by atoms with E-state index in [1.165, 1.54) is 20.5 Å². The number of carbonyl (C=O) groups is 1. The minimum absolute atomic E-state index is 0.165. The molecule has 2 aromatic carbocycles. The molecule has 32 heavy (non-hydrogen) atoms. The van der Waals surface area contributed by atoms with Gasteiger partial charge in [-0.05, 0) is 41.1 Å². The predicted molar refractivity (Wildman–Crippen MR) is 125 cm³/mol. The number of nitrogens with zero attached hydrogens (tertiary/aromatic N) is 2. The van der Waals surface area contributed by atoms with E-state index in [-0.39, 0.29) is 24.6 Å². The molecule has 1 N–H and O–H groups in total. The second-order valence-electron chi connectivity index (χ2n) is 7.32. The molecule has 0 aliphatic heterocycles. The molecule has 0 saturated carbocycles. The Morgan fingerprint density at radius 2 is 1.78 bits per heavy atom. The maximum Gasteiger partial charge on any atom is 0.332 e. The van der Waals surface area contributed by atoms with E-state index >= 15 is 0 Å². The van der Waals surface area contributed by atoms with Crippen molar-refractivity contribution in [2.75, 3.05) is 7.11 Å². The van der Waals surface area contributed by atoms with E-state index < -0.39 is 5.69 Å². The average molecular weight is 450 g/mol. The molecule has 0 radical (unpaired) electrons. The molecular weight excluding hydrogens is 426 g/mol. The van der Waals surface area contributed by atoms with Crippen LogP contribution in [0.15, 0.2) is 75.6 Å². The Hall–Kier alpha value is -3.65. The number of aromatic nitrogens is 2. The summed E-state index contributed by atoms with van der Waals surface area (Å²) in [5.41, 5.74) is 1.61. The maximum absolute atomic E-state index is 13.2. The summed E-state index contributed by atoms with van der Waals surface area (Å²) >= 11 is 1.28. The van der Waals surface area contributed by atoms with Gasteiger partial charge in [-0.2, -0.15) is 0 Å². The molecule has 8 heteroatoms. The number of hydrogen-bond acceptors (Lipinski definition) is 5. The van der Waals surface area contributed by atoms with E-state index in [2.05, 4.69) is 5.32 Å². The van der Waals surface area contributed by atoms with E-state index in [0.717, 1.165) is 11.1 Å². The number of nitrogens with one attached hydrogen (secondary N) is 1. The van der Waals surface area contributed by atoms with E-state index in [1.807, 2.05) is 54.6 Å². The molecule has 0 spiro atoms. The van der Waals surface area contributed by atoms with Crippen LogP contribution in [0.4, 0.5) is 0 Å². The molecule has 164 valence electrons. The van der Waals surface area contributed by atoms with Gasteiger partial charge >= 0.3 is 5.69 Å². The van der Waals surface area contributed by atoms with Gasteiger partial charge < -0.3 is 10.1 Å². The van der Waals surface area contributed by atoms with Gasteiger partial charge in [0.25, 0.3) is 5.56 Å². The molecule has 2 heterocycles. The SMILES string of the molecule is COc1cccc(CNC(=O)Cn2c(=O)n(CCc3ccccc3)c(=O)c3sccc32)c1. The Morgan fingerprint density at radius 1 is 1.00 bits per heavy atom. The van der Waals surface area contributed by atoms with Crippen molar-refractivity contribution in [1.82, 2.24) is 14.5 Å². The van der Waals surface area contributed by atoms with Gasteiger partial charge in [-0.3, -0.25) is 18.7 Å². The lowest BCUT2D eigenvalue weighted by Gasteiger charge is -2.13. The highest BCUT2D eigenvalue weighted by Gasteiger charge is 2.16. The van der Waals surface area contributed by atoms with Crippen LogP contribution < -0.4 is 21.3 Å². The van der Waals surface area contributed by atoms with Gasteiger partial charge in [-0.25, -0.2) is 4.79 Å². The number of fused-ring (bicyclic) bond motifs is 1. The standard InChI is InChI=1S/C24H23N3O4S/c1-31-19-9-5-8-18(14-19)15-25-21(28)16-27-20-11-13-32-22(20)23(29)26(24(27)30)12-10-17-6-3-2-4-7-17/h2-9,11,13-14H,10,12,15-16H2,1H3,(H,25,28). The largest absolute Gasteiger partial charge is 0.497 e. The fourth-order valence-electron chi connectivity index (χ4n) is 3.55. The predicted octanol–water partition coefficient (Wildman–Crippen LogP) is 2.79. The third kappa shape index (κ3) is 4.65. The van der Waals surface area contributed by atoms with Gasteiger partial charge in [0.1, 0.15) is 17.0 Å². The molecule has 2 aromatic heterocycles. The molecule has 0 fully saturated rings. The van der Waals surface area contributed by atoms with Crippen molar-refractivity contribution in [3.05, 3.63) is 98.0 Å². The summed E-state index contributed by atoms with van der Waals surface area (Å²) in [6.45, 7) is 0.397. The van der Waals surface area contributed by atoms with Gasteiger partial charge in [0.05, 0.1) is 12.6 Å². The van der Waals surface area contributed by atoms with Gasteiger partial charge in [-0.15, -0.1) is 11.3 Å². The summed E-state index contributed by atoms with van der Waals surface area (Å²) in [6, 6.07) is 18.8. The van der Waals surface area contributed by atoms with Crippen molar-refractivity contribution >= 4 is 27.5 Å². The quantitative estimate of drug-likeness (QED) is 0.449. The number of methoxy groups -OCH3 is 1. The second kappa shape index (κ2) is 9.65. The van der Waals surface area contributed by atoms with Crippen molar-refractivity contribution in [1.29, 1.82) is 0 Å². The molecule has 1 amide bonds. The molecule has 0 unspecified atom stereocenters. The first-order valence-corrected chi connectivity index (χ1v) is 11.1. The Balaban J connectivity index is 1.56. The first-order chi connectivity index (χ1) is 15.6. The van der Waals surface area contributed by atoms with E-state index in [9.17, 15) is 14.4 Å². The molecule has 4 aromatic rings. The monoisotopic (exact) mass is 449 g/mol. The lowest BCUT2D eigenvalue weighted by Crippen LogP contribution is -2.42. The fraction of sp³-hybridized carbons (Fsp3) is 0.208. The summed E-state index contributed by atoms with van der Waals surface area (Å²) < 4.78 is 8.27. The van der Waals surface area contributed by atoms with Crippen molar-refractivity contribution in [3.8, 4) is 5.75 Å². The summed E-state index contributed by atoms with van der Waals surface area (Å²) in [5.74, 6) is 0.397. The lowest BCUT2D eigenvalue weighted by molar-refractivity contribution is -0.121. The Labute approximate surface area is 188 Å². The van der Waals surface area contributed by atoms with Crippen LogP contribution in [-0.4, -0.2) is 22.2 Å². The third-order valence-corrected chi connectivity index (χ3v) is 6.12. The number of amides is 1. The zero-order valence-corrected chi connectivity index (χ0v) is 18.4. The summed E-state index contributed by atoms with van der Waals surface area (Å²) in [6.07, 6.45) is 0.551. The summed E-state index contributed by atoms with van der Waals surface area (Å²) in [5, 5.41) is 4.60. The molecule has 0 aliphatic carbocycles. The molecular formula is C24H23N3O4S. The molecule has 0 saturated heterocycles. The minimum atomic E-state index is -0.478. The first-order valence-electron chi connectivity index (χ1n) is 10.2. The number of aryl methyl sites for hydroxylation is 1. The molecule has 4 rings (SSSR count). The topological polar surface area (TPSA) is 82.3 Å². The van der Waals surface area contributed by atoms with Crippen LogP contribution in [0.3, 0.4) is 0 Å². The van der Waals surface area contributed by atoms with Crippen molar-refractivity contribution in [2.24, 2.45) is 0 Å². The average Bonchev–Trinajstić information content (AvgIpc) is 3.31. The Kier molecular flexibility index (Phi) is 6.51. The van der Waals surface area contributed by atoms with Gasteiger partial charge in [0, 0.05) is 13.1 Å². The van der Waals surface area contributed by atoms with Crippen LogP contribution >= 0.6 is 11.3 Å². The highest BCUT2D eigenvalue weighted by atomic mass is 32.1. The van der Waals surface area contributed by atoms with Crippen LogP contribution in [0.25, 0.3) is 10.2 Å². The molecule has 0 atom stereocenters. The number of ether oxygens (including phenoxy) is 1. The minimum Gasteiger partial charge on any atom is -0.497 e. The second-order valence-corrected chi connectivity index (χ2v) is 8.24. The number of carbonyl (C=O) groups excluding carboxylic acids is 1. The molecule has 0 aliphatic rings. The van der Waals surface area contributed by atoms with Crippen LogP contribution in [0.5, 0.6) is 5.75 Å². The van der Waals surface area contributed by atoms with Gasteiger partial charge in [0.2, 0.25) is 5.91 Å². The van der Waals surface area contributed by atoms with Crippen LogP contribution in [0.2, 0.25) is 0 Å². The zero-order chi connectivity index (χ0) is 22.5. The molecule has 0 bridgehead atoms. The summed E-state index contributed by atoms with van der Waals surface area (Å²) in [7, 11) is 1.59. The number of rotatable bonds is 8. The normalized spacial score (nSPS) is 10.9. The smallest absolute Gasteiger partial charge is 0.332 e. The highest BCUT2D eigenvalue weighted by molar-refractivity contribution is 7.17. The van der Waals surface area contributed by atoms with Gasteiger partial charge in [0.15, 0.2) is 0 Å². The Bertz CT molecular complexity index is 1360. The van der Waals surface area contributed by atoms with E-state index in [0.29, 0.717) is 28.9 Å². The van der Waals surface area contributed by atoms with Crippen LogP contribution in [-0.2, 0) is 30.8 Å². The number of hydrogen-bond donors (Lipinski definition) is 1. The van der Waals surface area contributed by atoms with Crippen LogP contribution in [0.1, 0.15) is 11.1 Å². The molecule has 7 nitrogen and oxygen atoms in total. The maximum atomic E-state index is 13.2. The Morgan fingerprint density at radius 3 is 2.56 bits per heavy atom. The van der Waals surface area contributed by atoms with Crippen molar-refractivity contribution in [3.63, 3.8) is 0 Å². The fourth-order valence-corrected chi connectivity index (χ4v) is 4.39. The van der Waals surface area contributed by atoms with Gasteiger partial charge in [-0.1, -0.05) is 42.5 Å². The lowest BCUT2D eigenvalue weighted by atomic mass is 10.1. The van der Waals surface area contributed by atoms with Crippen LogP contribution in [0, 0.1) is 0 Å². The third-order valence-electron chi connectivity index (χ3n) is 5.23. The zero-order valence-electron chi connectivity index (χ0n) is 17.6. The summed E-state index contributed by atoms with van der Waals surface area (Å²) in [4.78, 5) is 38.7. The first kappa shape index (κ1) is 21.6. The van der Waals surface area contributed by atoms with E-state index in [1.54, 1.807) is 18.6 Å². The van der Waals surface area contributed by atoms with E-state index in [4.69, 9.17) is 4.74 Å². The van der Waals surface area contributed by atoms with Crippen molar-refractivity contribution < 1.29 is 9.53 Å². The van der Waals surface area contributed by atoms with Crippen molar-refractivity contribution in [2.45, 2.75) is 26.1 Å². The highest BCUT2D eigenvalue weighted by Crippen LogP contribution is 2.16. The number of benzene rings is 2.